The molecule has 26 heavy (non-hydrogen) atoms. The summed E-state index contributed by atoms with van der Waals surface area (Å²) in [6.45, 7) is 3.80. The van der Waals surface area contributed by atoms with Crippen LogP contribution in [-0.4, -0.2) is 21.1 Å². The fraction of sp³-hybridized carbons (Fsp3) is 0.200. The van der Waals surface area contributed by atoms with Gasteiger partial charge in [0.15, 0.2) is 5.16 Å². The van der Waals surface area contributed by atoms with Crippen LogP contribution in [0.2, 0.25) is 0 Å². The van der Waals surface area contributed by atoms with E-state index in [0.29, 0.717) is 5.69 Å². The molecule has 3 aromatic rings. The molecular formula is C20H20FN3OS. The zero-order valence-corrected chi connectivity index (χ0v) is 15.4. The summed E-state index contributed by atoms with van der Waals surface area (Å²) < 4.78 is 12.9. The van der Waals surface area contributed by atoms with Crippen molar-refractivity contribution < 1.29 is 9.18 Å². The van der Waals surface area contributed by atoms with Gasteiger partial charge in [-0.3, -0.25) is 4.79 Å². The van der Waals surface area contributed by atoms with Gasteiger partial charge in [0.2, 0.25) is 5.91 Å². The normalized spacial score (nSPS) is 12.0. The molecule has 0 aliphatic heterocycles. The number of amides is 1. The Hall–Kier alpha value is -2.60. The molecule has 0 saturated heterocycles. The van der Waals surface area contributed by atoms with E-state index in [1.165, 1.54) is 29.5 Å². The zero-order valence-electron chi connectivity index (χ0n) is 14.6. The predicted octanol–water partition coefficient (Wildman–Crippen LogP) is 4.57. The minimum Gasteiger partial charge on any atom is -0.337 e. The number of benzene rings is 2. The minimum absolute atomic E-state index is 0.153. The van der Waals surface area contributed by atoms with Crippen molar-refractivity contribution in [2.75, 3.05) is 5.32 Å². The first kappa shape index (κ1) is 18.2. The number of aromatic amines is 1. The van der Waals surface area contributed by atoms with Crippen LogP contribution in [0.1, 0.15) is 23.9 Å². The van der Waals surface area contributed by atoms with E-state index in [4.69, 9.17) is 0 Å². The molecule has 134 valence electrons. The number of halogens is 1. The quantitative estimate of drug-likeness (QED) is 0.626. The lowest BCUT2D eigenvalue weighted by Crippen LogP contribution is -2.22. The lowest BCUT2D eigenvalue weighted by Gasteiger charge is -2.10. The summed E-state index contributed by atoms with van der Waals surface area (Å²) in [6.07, 6.45) is 0.750. The van der Waals surface area contributed by atoms with E-state index in [1.807, 2.05) is 32.0 Å². The number of rotatable bonds is 6. The Labute approximate surface area is 156 Å². The van der Waals surface area contributed by atoms with E-state index in [0.717, 1.165) is 23.0 Å². The third-order valence-electron chi connectivity index (χ3n) is 3.95. The molecule has 0 fully saturated rings. The zero-order chi connectivity index (χ0) is 18.5. The van der Waals surface area contributed by atoms with Crippen LogP contribution >= 0.6 is 11.8 Å². The Kier molecular flexibility index (Phi) is 5.73. The molecule has 0 aliphatic rings. The number of H-pyrrole nitrogens is 1. The highest BCUT2D eigenvalue weighted by molar-refractivity contribution is 8.00. The highest BCUT2D eigenvalue weighted by Gasteiger charge is 2.17. The van der Waals surface area contributed by atoms with Gasteiger partial charge in [0.1, 0.15) is 5.82 Å². The maximum atomic E-state index is 12.9. The van der Waals surface area contributed by atoms with Gasteiger partial charge in [-0.1, -0.05) is 42.1 Å². The van der Waals surface area contributed by atoms with Crippen molar-refractivity contribution in [2.45, 2.75) is 30.7 Å². The fourth-order valence-electron chi connectivity index (χ4n) is 2.48. The van der Waals surface area contributed by atoms with Crippen LogP contribution in [0.5, 0.6) is 0 Å². The number of hydrogen-bond donors (Lipinski definition) is 2. The average molecular weight is 369 g/mol. The summed E-state index contributed by atoms with van der Waals surface area (Å²) in [6, 6.07) is 15.9. The lowest BCUT2D eigenvalue weighted by molar-refractivity contribution is -0.115. The number of nitrogens with one attached hydrogen (secondary N) is 2. The van der Waals surface area contributed by atoms with E-state index in [2.05, 4.69) is 27.4 Å². The number of hydrogen-bond acceptors (Lipinski definition) is 3. The van der Waals surface area contributed by atoms with Crippen LogP contribution in [0.25, 0.3) is 0 Å². The second-order valence-electron chi connectivity index (χ2n) is 6.03. The Morgan fingerprint density at radius 2 is 1.88 bits per heavy atom. The summed E-state index contributed by atoms with van der Waals surface area (Å²) in [4.78, 5) is 20.2. The molecule has 1 atom stereocenters. The molecule has 0 bridgehead atoms. The standard InChI is InChI=1S/C20H20FN3OS/c1-13-18(12-15-6-4-3-5-7-15)24-20(22-13)26-14(2)19(25)23-17-10-8-16(21)9-11-17/h3-11,14H,12H2,1-2H3,(H,22,24)(H,23,25)/t14-/m1/s1. The van der Waals surface area contributed by atoms with E-state index in [-0.39, 0.29) is 17.0 Å². The van der Waals surface area contributed by atoms with E-state index in [9.17, 15) is 9.18 Å². The highest BCUT2D eigenvalue weighted by Crippen LogP contribution is 2.24. The van der Waals surface area contributed by atoms with E-state index in [1.54, 1.807) is 12.1 Å². The predicted molar refractivity (Wildman–Crippen MR) is 103 cm³/mol. The monoisotopic (exact) mass is 369 g/mol. The fourth-order valence-corrected chi connectivity index (χ4v) is 3.36. The molecule has 1 aromatic heterocycles. The molecule has 0 radical (unpaired) electrons. The average Bonchev–Trinajstić information content (AvgIpc) is 2.97. The van der Waals surface area contributed by atoms with Crippen molar-refractivity contribution in [2.24, 2.45) is 0 Å². The Bertz CT molecular complexity index is 878. The maximum Gasteiger partial charge on any atom is 0.237 e. The van der Waals surface area contributed by atoms with Crippen LogP contribution < -0.4 is 5.32 Å². The smallest absolute Gasteiger partial charge is 0.237 e. The van der Waals surface area contributed by atoms with Gasteiger partial charge in [0, 0.05) is 17.8 Å². The van der Waals surface area contributed by atoms with Crippen LogP contribution in [0.15, 0.2) is 59.8 Å². The number of imidazole rings is 1. The summed E-state index contributed by atoms with van der Waals surface area (Å²) in [5.41, 5.74) is 3.75. The summed E-state index contributed by atoms with van der Waals surface area (Å²) in [7, 11) is 0. The van der Waals surface area contributed by atoms with Gasteiger partial charge in [-0.05, 0) is 43.7 Å². The third-order valence-corrected chi connectivity index (χ3v) is 4.93. The van der Waals surface area contributed by atoms with Crippen molar-refractivity contribution in [3.63, 3.8) is 0 Å². The molecule has 0 unspecified atom stereocenters. The first-order chi connectivity index (χ1) is 12.5. The molecule has 1 amide bonds. The Morgan fingerprint density at radius 1 is 1.19 bits per heavy atom. The second kappa shape index (κ2) is 8.19. The van der Waals surface area contributed by atoms with Gasteiger partial charge in [-0.15, -0.1) is 0 Å². The molecule has 0 saturated carbocycles. The molecule has 0 spiro atoms. The molecule has 6 heteroatoms. The highest BCUT2D eigenvalue weighted by atomic mass is 32.2. The molecule has 1 heterocycles. The van der Waals surface area contributed by atoms with Gasteiger partial charge in [0.05, 0.1) is 10.9 Å². The Morgan fingerprint density at radius 3 is 2.58 bits per heavy atom. The number of carbonyl (C=O) groups excluding carboxylic acids is 1. The van der Waals surface area contributed by atoms with Gasteiger partial charge >= 0.3 is 0 Å². The second-order valence-corrected chi connectivity index (χ2v) is 7.36. The van der Waals surface area contributed by atoms with Gasteiger partial charge < -0.3 is 10.3 Å². The first-order valence-corrected chi connectivity index (χ1v) is 9.21. The number of aromatic nitrogens is 2. The number of carbonyl (C=O) groups is 1. The first-order valence-electron chi connectivity index (χ1n) is 8.34. The third kappa shape index (κ3) is 4.73. The van der Waals surface area contributed by atoms with Crippen LogP contribution in [0.4, 0.5) is 10.1 Å². The number of thioether (sulfide) groups is 1. The number of aryl methyl sites for hydroxylation is 1. The lowest BCUT2D eigenvalue weighted by atomic mass is 10.1. The van der Waals surface area contributed by atoms with Crippen molar-refractivity contribution in [3.05, 3.63) is 77.4 Å². The number of nitrogens with zero attached hydrogens (tertiary/aromatic N) is 1. The largest absolute Gasteiger partial charge is 0.337 e. The molecule has 4 nitrogen and oxygen atoms in total. The van der Waals surface area contributed by atoms with Crippen molar-refractivity contribution in [1.82, 2.24) is 9.97 Å². The van der Waals surface area contributed by atoms with E-state index < -0.39 is 0 Å². The minimum atomic E-state index is -0.338. The van der Waals surface area contributed by atoms with Crippen LogP contribution in [-0.2, 0) is 11.2 Å². The molecule has 3 rings (SSSR count). The van der Waals surface area contributed by atoms with Crippen LogP contribution in [0.3, 0.4) is 0 Å². The van der Waals surface area contributed by atoms with Crippen molar-refractivity contribution >= 4 is 23.4 Å². The molecule has 2 aromatic carbocycles. The molecule has 0 aliphatic carbocycles. The van der Waals surface area contributed by atoms with Gasteiger partial charge in [-0.25, -0.2) is 9.37 Å². The molecular weight excluding hydrogens is 349 g/mol. The SMILES string of the molecule is Cc1[nH]c(S[C@H](C)C(=O)Nc2ccc(F)cc2)nc1Cc1ccccc1. The number of anilines is 1. The Balaban J connectivity index is 1.62. The van der Waals surface area contributed by atoms with Gasteiger partial charge in [-0.2, -0.15) is 0 Å². The van der Waals surface area contributed by atoms with Crippen LogP contribution in [0, 0.1) is 12.7 Å². The van der Waals surface area contributed by atoms with Crippen molar-refractivity contribution in [1.29, 1.82) is 0 Å². The summed E-state index contributed by atoms with van der Waals surface area (Å²) in [5.74, 6) is -0.484. The molecule has 2 N–H and O–H groups in total. The van der Waals surface area contributed by atoms with E-state index >= 15 is 0 Å². The maximum absolute atomic E-state index is 12.9. The topological polar surface area (TPSA) is 57.8 Å². The van der Waals surface area contributed by atoms with Gasteiger partial charge in [0.25, 0.3) is 0 Å². The van der Waals surface area contributed by atoms with Crippen molar-refractivity contribution in [3.8, 4) is 0 Å². The summed E-state index contributed by atoms with van der Waals surface area (Å²) >= 11 is 1.37. The summed E-state index contributed by atoms with van der Waals surface area (Å²) in [5, 5.41) is 3.16.